The van der Waals surface area contributed by atoms with E-state index >= 15 is 0 Å². The second kappa shape index (κ2) is 9.01. The molecule has 0 bridgehead atoms. The van der Waals surface area contributed by atoms with Crippen LogP contribution < -0.4 is 15.2 Å². The van der Waals surface area contributed by atoms with E-state index in [9.17, 15) is 23.2 Å². The Morgan fingerprint density at radius 1 is 1.24 bits per heavy atom. The molecule has 0 unspecified atom stereocenters. The molecule has 1 aliphatic heterocycles. The molecular formula is C25H25F3N4O2. The molecule has 0 aliphatic carbocycles. The fourth-order valence-corrected chi connectivity index (χ4v) is 4.59. The van der Waals surface area contributed by atoms with Crippen molar-refractivity contribution in [3.63, 3.8) is 0 Å². The highest BCUT2D eigenvalue weighted by molar-refractivity contribution is 5.89. The number of pyridine rings is 2. The van der Waals surface area contributed by atoms with Crippen molar-refractivity contribution in [3.05, 3.63) is 64.1 Å². The molecule has 1 fully saturated rings. The van der Waals surface area contributed by atoms with Gasteiger partial charge < -0.3 is 14.2 Å². The third-order valence-electron chi connectivity index (χ3n) is 6.53. The molecule has 1 aliphatic rings. The Morgan fingerprint density at radius 2 is 2.00 bits per heavy atom. The minimum Gasteiger partial charge on any atom is -0.490 e. The smallest absolute Gasteiger partial charge is 0.416 e. The molecule has 3 heterocycles. The Labute approximate surface area is 195 Å². The summed E-state index contributed by atoms with van der Waals surface area (Å²) in [6, 6.07) is 11.8. The summed E-state index contributed by atoms with van der Waals surface area (Å²) >= 11 is 0. The van der Waals surface area contributed by atoms with Gasteiger partial charge in [-0.1, -0.05) is 13.0 Å². The number of aryl methyl sites for hydroxylation is 1. The topological polar surface area (TPSA) is 71.2 Å². The zero-order valence-corrected chi connectivity index (χ0v) is 19.1. The summed E-state index contributed by atoms with van der Waals surface area (Å²) in [5, 5.41) is 9.32. The highest BCUT2D eigenvalue weighted by Crippen LogP contribution is 2.36. The van der Waals surface area contributed by atoms with E-state index < -0.39 is 11.7 Å². The van der Waals surface area contributed by atoms with E-state index in [1.54, 1.807) is 25.2 Å². The Morgan fingerprint density at radius 3 is 2.68 bits per heavy atom. The van der Waals surface area contributed by atoms with Gasteiger partial charge in [0.25, 0.3) is 5.56 Å². The molecule has 1 saturated heterocycles. The van der Waals surface area contributed by atoms with Gasteiger partial charge in [-0.3, -0.25) is 4.79 Å². The number of nitriles is 1. The summed E-state index contributed by atoms with van der Waals surface area (Å²) in [5.74, 6) is 0.210. The van der Waals surface area contributed by atoms with Crippen LogP contribution in [0.3, 0.4) is 0 Å². The van der Waals surface area contributed by atoms with Crippen LogP contribution in [0.2, 0.25) is 0 Å². The maximum Gasteiger partial charge on any atom is 0.416 e. The van der Waals surface area contributed by atoms with Gasteiger partial charge >= 0.3 is 6.18 Å². The first-order valence-electron chi connectivity index (χ1n) is 11.1. The van der Waals surface area contributed by atoms with Gasteiger partial charge in [-0.15, -0.1) is 0 Å². The van der Waals surface area contributed by atoms with E-state index in [0.717, 1.165) is 18.6 Å². The average Bonchev–Trinajstić information content (AvgIpc) is 2.81. The number of ether oxygens (including phenoxy) is 1. The standard InChI is InChI=1S/C25H25F3N4O2/c1-4-16-14-32(21-12-23(33)31(3)20-9-8-18(13-29)30-24(20)21)15(2)10-22(16)34-19-7-5-6-17(11-19)25(26,27)28/h5-9,11-12,15-16,22H,4,10,14H2,1-3H3/t15-,16+,22-/m0/s1. The molecule has 3 atom stereocenters. The molecule has 3 aromatic rings. The normalized spacial score (nSPS) is 20.9. The zero-order valence-electron chi connectivity index (χ0n) is 19.1. The number of nitrogens with zero attached hydrogens (tertiary/aromatic N) is 4. The highest BCUT2D eigenvalue weighted by atomic mass is 19.4. The highest BCUT2D eigenvalue weighted by Gasteiger charge is 2.36. The van der Waals surface area contributed by atoms with Crippen molar-refractivity contribution < 1.29 is 17.9 Å². The molecule has 0 N–H and O–H groups in total. The lowest BCUT2D eigenvalue weighted by Gasteiger charge is -2.44. The Kier molecular flexibility index (Phi) is 6.26. The van der Waals surface area contributed by atoms with Crippen LogP contribution >= 0.6 is 0 Å². The van der Waals surface area contributed by atoms with Crippen LogP contribution in [-0.2, 0) is 13.2 Å². The first kappa shape index (κ1) is 23.6. The first-order valence-corrected chi connectivity index (χ1v) is 11.1. The predicted molar refractivity (Wildman–Crippen MR) is 123 cm³/mol. The summed E-state index contributed by atoms with van der Waals surface area (Å²) in [4.78, 5) is 19.2. The molecule has 0 amide bonds. The van der Waals surface area contributed by atoms with E-state index in [0.29, 0.717) is 29.7 Å². The van der Waals surface area contributed by atoms with Gasteiger partial charge in [0.2, 0.25) is 0 Å². The second-order valence-electron chi connectivity index (χ2n) is 8.69. The number of anilines is 1. The molecule has 9 heteroatoms. The van der Waals surface area contributed by atoms with Gasteiger partial charge in [-0.25, -0.2) is 4.98 Å². The van der Waals surface area contributed by atoms with Gasteiger partial charge in [0.05, 0.1) is 16.8 Å². The van der Waals surface area contributed by atoms with E-state index in [1.807, 2.05) is 19.9 Å². The van der Waals surface area contributed by atoms with Crippen molar-refractivity contribution in [2.24, 2.45) is 13.0 Å². The lowest BCUT2D eigenvalue weighted by molar-refractivity contribution is -0.137. The lowest BCUT2D eigenvalue weighted by atomic mass is 9.87. The fraction of sp³-hybridized carbons (Fsp3) is 0.400. The Hall–Kier alpha value is -3.54. The molecule has 1 aromatic carbocycles. The summed E-state index contributed by atoms with van der Waals surface area (Å²) in [6.45, 7) is 4.54. The average molecular weight is 470 g/mol. The number of rotatable bonds is 4. The minimum absolute atomic E-state index is 0.0176. The van der Waals surface area contributed by atoms with Crippen LogP contribution in [0.5, 0.6) is 5.75 Å². The van der Waals surface area contributed by atoms with Crippen LogP contribution in [-0.4, -0.2) is 28.2 Å². The minimum atomic E-state index is -4.43. The number of piperidine rings is 1. The van der Waals surface area contributed by atoms with Crippen molar-refractivity contribution in [2.75, 3.05) is 11.4 Å². The van der Waals surface area contributed by atoms with Crippen LogP contribution in [0.25, 0.3) is 11.0 Å². The van der Waals surface area contributed by atoms with E-state index in [2.05, 4.69) is 9.88 Å². The van der Waals surface area contributed by atoms with Crippen LogP contribution in [0.4, 0.5) is 18.9 Å². The third-order valence-corrected chi connectivity index (χ3v) is 6.53. The molecule has 0 radical (unpaired) electrons. The molecule has 4 rings (SSSR count). The quantitative estimate of drug-likeness (QED) is 0.543. The molecule has 0 spiro atoms. The van der Waals surface area contributed by atoms with Crippen molar-refractivity contribution in [1.82, 2.24) is 9.55 Å². The number of benzene rings is 1. The molecule has 0 saturated carbocycles. The van der Waals surface area contributed by atoms with Crippen molar-refractivity contribution in [1.29, 1.82) is 5.26 Å². The number of hydrogen-bond donors (Lipinski definition) is 0. The first-order chi connectivity index (χ1) is 16.1. The number of halogens is 3. The monoisotopic (exact) mass is 470 g/mol. The van der Waals surface area contributed by atoms with Crippen LogP contribution in [0.15, 0.2) is 47.3 Å². The maximum atomic E-state index is 13.1. The molecule has 178 valence electrons. The molecule has 34 heavy (non-hydrogen) atoms. The summed E-state index contributed by atoms with van der Waals surface area (Å²) in [6.07, 6.45) is -3.41. The largest absolute Gasteiger partial charge is 0.490 e. The summed E-state index contributed by atoms with van der Waals surface area (Å²) in [5.41, 5.74) is 1.18. The van der Waals surface area contributed by atoms with E-state index in [1.165, 1.54) is 16.7 Å². The number of alkyl halides is 3. The second-order valence-corrected chi connectivity index (χ2v) is 8.69. The maximum absolute atomic E-state index is 13.1. The molecule has 2 aromatic heterocycles. The van der Waals surface area contributed by atoms with E-state index in [-0.39, 0.29) is 35.1 Å². The van der Waals surface area contributed by atoms with Crippen LogP contribution in [0, 0.1) is 17.2 Å². The predicted octanol–water partition coefficient (Wildman–Crippen LogP) is 4.90. The zero-order chi connectivity index (χ0) is 24.6. The van der Waals surface area contributed by atoms with Gasteiger partial charge in [-0.05, 0) is 43.7 Å². The van der Waals surface area contributed by atoms with E-state index in [4.69, 9.17) is 4.74 Å². The van der Waals surface area contributed by atoms with Crippen molar-refractivity contribution >= 4 is 16.7 Å². The summed E-state index contributed by atoms with van der Waals surface area (Å²) in [7, 11) is 1.66. The van der Waals surface area contributed by atoms with Gasteiger partial charge in [0.15, 0.2) is 0 Å². The van der Waals surface area contributed by atoms with Crippen molar-refractivity contribution in [3.8, 4) is 11.8 Å². The Bertz CT molecular complexity index is 1310. The number of aromatic nitrogens is 2. The third kappa shape index (κ3) is 4.45. The molecular weight excluding hydrogens is 445 g/mol. The Balaban J connectivity index is 1.66. The fourth-order valence-electron chi connectivity index (χ4n) is 4.59. The molecule has 6 nitrogen and oxygen atoms in total. The van der Waals surface area contributed by atoms with Gasteiger partial charge in [-0.2, -0.15) is 18.4 Å². The van der Waals surface area contributed by atoms with Gasteiger partial charge in [0, 0.05) is 38.0 Å². The summed E-state index contributed by atoms with van der Waals surface area (Å²) < 4.78 is 46.9. The number of hydrogen-bond acceptors (Lipinski definition) is 5. The lowest BCUT2D eigenvalue weighted by Crippen LogP contribution is -2.50. The van der Waals surface area contributed by atoms with Crippen LogP contribution in [0.1, 0.15) is 37.9 Å². The van der Waals surface area contributed by atoms with Crippen molar-refractivity contribution in [2.45, 2.75) is 45.0 Å². The van der Waals surface area contributed by atoms with Gasteiger partial charge in [0.1, 0.15) is 29.1 Å². The SMILES string of the molecule is CC[C@@H]1CN(c2cc(=O)n(C)c3ccc(C#N)nc23)[C@@H](C)C[C@@H]1Oc1cccc(C(F)(F)F)c1. The number of fused-ring (bicyclic) bond motifs is 1.